The highest BCUT2D eigenvalue weighted by Gasteiger charge is 2.03. The van der Waals surface area contributed by atoms with Gasteiger partial charge in [-0.1, -0.05) is 24.3 Å². The van der Waals surface area contributed by atoms with Gasteiger partial charge in [-0.05, 0) is 25.1 Å². The normalized spacial score (nSPS) is 10.6. The Morgan fingerprint density at radius 3 is 2.65 bits per heavy atom. The van der Waals surface area contributed by atoms with Gasteiger partial charge in [-0.25, -0.2) is 15.0 Å². The molecule has 17 heavy (non-hydrogen) atoms. The molecule has 3 heteroatoms. The number of rotatable bonds is 1. The highest BCUT2D eigenvalue weighted by molar-refractivity contribution is 5.78. The lowest BCUT2D eigenvalue weighted by atomic mass is 10.2. The van der Waals surface area contributed by atoms with E-state index in [1.807, 2.05) is 55.6 Å². The van der Waals surface area contributed by atoms with Crippen LogP contribution in [0.2, 0.25) is 0 Å². The fraction of sp³-hybridized carbons (Fsp3) is 0.0714. The predicted octanol–water partition coefficient (Wildman–Crippen LogP) is 3.00. The average molecular weight is 221 g/mol. The van der Waals surface area contributed by atoms with Crippen LogP contribution < -0.4 is 0 Å². The Morgan fingerprint density at radius 1 is 0.882 bits per heavy atom. The number of nitrogens with zero attached hydrogens (tertiary/aromatic N) is 3. The van der Waals surface area contributed by atoms with E-state index < -0.39 is 0 Å². The third kappa shape index (κ3) is 1.87. The first-order valence-corrected chi connectivity index (χ1v) is 5.49. The quantitative estimate of drug-likeness (QED) is 0.634. The number of aromatic nitrogens is 3. The first-order valence-electron chi connectivity index (χ1n) is 5.49. The Bertz CT molecular complexity index is 677. The maximum atomic E-state index is 4.51. The van der Waals surface area contributed by atoms with Crippen LogP contribution in [0, 0.1) is 6.92 Å². The molecular weight excluding hydrogens is 210 g/mol. The second kappa shape index (κ2) is 3.94. The van der Waals surface area contributed by atoms with Gasteiger partial charge in [0.1, 0.15) is 5.69 Å². The molecule has 3 aromatic rings. The molecule has 0 atom stereocenters. The van der Waals surface area contributed by atoms with Gasteiger partial charge in [-0.15, -0.1) is 0 Å². The average Bonchev–Trinajstić information content (AvgIpc) is 2.38. The van der Waals surface area contributed by atoms with Crippen LogP contribution in [-0.4, -0.2) is 15.0 Å². The van der Waals surface area contributed by atoms with Gasteiger partial charge in [0.2, 0.25) is 0 Å². The third-order valence-electron chi connectivity index (χ3n) is 2.61. The van der Waals surface area contributed by atoms with Crippen LogP contribution in [0.1, 0.15) is 5.69 Å². The number of benzene rings is 1. The van der Waals surface area contributed by atoms with Gasteiger partial charge in [0.25, 0.3) is 0 Å². The van der Waals surface area contributed by atoms with E-state index in [1.165, 1.54) is 0 Å². The Labute approximate surface area is 99.2 Å². The minimum Gasteiger partial charge on any atom is -0.250 e. The molecule has 3 nitrogen and oxygen atoms in total. The molecule has 3 rings (SSSR count). The van der Waals surface area contributed by atoms with E-state index in [0.717, 1.165) is 22.3 Å². The van der Waals surface area contributed by atoms with Crippen LogP contribution in [0.15, 0.2) is 48.7 Å². The highest BCUT2D eigenvalue weighted by Crippen LogP contribution is 2.16. The SMILES string of the molecule is Cc1cccc(-c2ncc3ccccc3n2)n1. The van der Waals surface area contributed by atoms with Crippen molar-refractivity contribution < 1.29 is 0 Å². The van der Waals surface area contributed by atoms with E-state index >= 15 is 0 Å². The number of para-hydroxylation sites is 1. The van der Waals surface area contributed by atoms with Gasteiger partial charge in [-0.3, -0.25) is 0 Å². The Kier molecular flexibility index (Phi) is 2.29. The lowest BCUT2D eigenvalue weighted by Crippen LogP contribution is -1.93. The summed E-state index contributed by atoms with van der Waals surface area (Å²) in [4.78, 5) is 13.3. The fourth-order valence-electron chi connectivity index (χ4n) is 1.76. The molecule has 0 aliphatic heterocycles. The molecule has 0 spiro atoms. The number of fused-ring (bicyclic) bond motifs is 1. The van der Waals surface area contributed by atoms with Crippen LogP contribution in [0.25, 0.3) is 22.4 Å². The van der Waals surface area contributed by atoms with E-state index in [9.17, 15) is 0 Å². The summed E-state index contributed by atoms with van der Waals surface area (Å²) in [6.07, 6.45) is 1.84. The fourth-order valence-corrected chi connectivity index (χ4v) is 1.76. The largest absolute Gasteiger partial charge is 0.250 e. The van der Waals surface area contributed by atoms with Crippen LogP contribution in [0.3, 0.4) is 0 Å². The lowest BCUT2D eigenvalue weighted by Gasteiger charge is -2.02. The zero-order valence-electron chi connectivity index (χ0n) is 9.46. The second-order valence-electron chi connectivity index (χ2n) is 3.92. The Balaban J connectivity index is 2.18. The summed E-state index contributed by atoms with van der Waals surface area (Å²) >= 11 is 0. The molecule has 0 saturated carbocycles. The summed E-state index contributed by atoms with van der Waals surface area (Å²) in [5.41, 5.74) is 2.73. The summed E-state index contributed by atoms with van der Waals surface area (Å²) in [6.45, 7) is 1.96. The molecule has 0 fully saturated rings. The van der Waals surface area contributed by atoms with Crippen molar-refractivity contribution in [2.24, 2.45) is 0 Å². The number of pyridine rings is 1. The van der Waals surface area contributed by atoms with Crippen molar-refractivity contribution in [2.45, 2.75) is 6.92 Å². The van der Waals surface area contributed by atoms with E-state index in [1.54, 1.807) is 0 Å². The van der Waals surface area contributed by atoms with Crippen molar-refractivity contribution in [1.82, 2.24) is 15.0 Å². The molecule has 0 aliphatic carbocycles. The van der Waals surface area contributed by atoms with Gasteiger partial charge in [0.15, 0.2) is 5.82 Å². The van der Waals surface area contributed by atoms with E-state index in [4.69, 9.17) is 0 Å². The van der Waals surface area contributed by atoms with Crippen molar-refractivity contribution in [3.8, 4) is 11.5 Å². The number of hydrogen-bond donors (Lipinski definition) is 0. The molecule has 0 radical (unpaired) electrons. The first-order chi connectivity index (χ1) is 8.33. The van der Waals surface area contributed by atoms with Crippen molar-refractivity contribution in [3.63, 3.8) is 0 Å². The minimum absolute atomic E-state index is 0.674. The van der Waals surface area contributed by atoms with Crippen molar-refractivity contribution >= 4 is 10.9 Å². The molecule has 0 saturated heterocycles. The highest BCUT2D eigenvalue weighted by atomic mass is 14.9. The topological polar surface area (TPSA) is 38.7 Å². The van der Waals surface area contributed by atoms with Gasteiger partial charge in [0.05, 0.1) is 5.52 Å². The molecule has 82 valence electrons. The Hall–Kier alpha value is -2.29. The van der Waals surface area contributed by atoms with Crippen LogP contribution in [0.4, 0.5) is 0 Å². The number of hydrogen-bond acceptors (Lipinski definition) is 3. The maximum absolute atomic E-state index is 4.51. The second-order valence-corrected chi connectivity index (χ2v) is 3.92. The minimum atomic E-state index is 0.674. The first kappa shape index (κ1) is 9.90. The molecule has 0 unspecified atom stereocenters. The zero-order chi connectivity index (χ0) is 11.7. The Morgan fingerprint density at radius 2 is 1.76 bits per heavy atom. The molecular formula is C14H11N3. The van der Waals surface area contributed by atoms with E-state index in [-0.39, 0.29) is 0 Å². The van der Waals surface area contributed by atoms with Crippen LogP contribution in [-0.2, 0) is 0 Å². The summed E-state index contributed by atoms with van der Waals surface area (Å²) < 4.78 is 0. The molecule has 1 aromatic carbocycles. The molecule has 2 heterocycles. The van der Waals surface area contributed by atoms with Crippen molar-refractivity contribution in [1.29, 1.82) is 0 Å². The van der Waals surface area contributed by atoms with E-state index in [2.05, 4.69) is 15.0 Å². The molecule has 2 aromatic heterocycles. The van der Waals surface area contributed by atoms with E-state index in [0.29, 0.717) is 5.82 Å². The summed E-state index contributed by atoms with van der Waals surface area (Å²) in [7, 11) is 0. The van der Waals surface area contributed by atoms with Crippen LogP contribution >= 0.6 is 0 Å². The zero-order valence-corrected chi connectivity index (χ0v) is 9.46. The van der Waals surface area contributed by atoms with Crippen molar-refractivity contribution in [2.75, 3.05) is 0 Å². The van der Waals surface area contributed by atoms with Crippen LogP contribution in [0.5, 0.6) is 0 Å². The lowest BCUT2D eigenvalue weighted by molar-refractivity contribution is 1.14. The molecule has 0 bridgehead atoms. The summed E-state index contributed by atoms with van der Waals surface area (Å²) in [5, 5.41) is 1.05. The smallest absolute Gasteiger partial charge is 0.178 e. The monoisotopic (exact) mass is 221 g/mol. The third-order valence-corrected chi connectivity index (χ3v) is 2.61. The number of aryl methyl sites for hydroxylation is 1. The van der Waals surface area contributed by atoms with Gasteiger partial charge in [0, 0.05) is 17.3 Å². The molecule has 0 amide bonds. The summed E-state index contributed by atoms with van der Waals surface area (Å²) in [5.74, 6) is 0.674. The predicted molar refractivity (Wildman–Crippen MR) is 67.5 cm³/mol. The maximum Gasteiger partial charge on any atom is 0.178 e. The van der Waals surface area contributed by atoms with Gasteiger partial charge in [-0.2, -0.15) is 0 Å². The van der Waals surface area contributed by atoms with Gasteiger partial charge < -0.3 is 0 Å². The van der Waals surface area contributed by atoms with Gasteiger partial charge >= 0.3 is 0 Å². The summed E-state index contributed by atoms with van der Waals surface area (Å²) in [6, 6.07) is 13.8. The molecule has 0 aliphatic rings. The van der Waals surface area contributed by atoms with Crippen molar-refractivity contribution in [3.05, 3.63) is 54.4 Å². The molecule has 0 N–H and O–H groups in total. The standard InChI is InChI=1S/C14H11N3/c1-10-5-4-8-13(16-10)14-15-9-11-6-2-3-7-12(11)17-14/h2-9H,1H3.